The van der Waals surface area contributed by atoms with E-state index in [1.165, 1.54) is 81.1 Å². The van der Waals surface area contributed by atoms with Crippen LogP contribution >= 0.6 is 0 Å². The summed E-state index contributed by atoms with van der Waals surface area (Å²) in [6.45, 7) is 11.9. The molecule has 75 heavy (non-hydrogen) atoms. The van der Waals surface area contributed by atoms with Crippen LogP contribution in [0.5, 0.6) is 11.5 Å². The van der Waals surface area contributed by atoms with Gasteiger partial charge in [-0.2, -0.15) is 0 Å². The fourth-order valence-electron chi connectivity index (χ4n) is 12.9. The van der Waals surface area contributed by atoms with Crippen molar-refractivity contribution in [1.29, 1.82) is 0 Å². The Labute approximate surface area is 433 Å². The smallest absolute Gasteiger partial charge is 0.228 e. The topological polar surface area (TPSA) is 327 Å². The summed E-state index contributed by atoms with van der Waals surface area (Å²) in [6, 6.07) is 3.43. The fourth-order valence-corrected chi connectivity index (χ4v) is 12.9. The van der Waals surface area contributed by atoms with Gasteiger partial charge in [-0.1, -0.05) is 6.07 Å². The van der Waals surface area contributed by atoms with Gasteiger partial charge in [0.05, 0.1) is 46.6 Å². The predicted molar refractivity (Wildman–Crippen MR) is 254 cm³/mol. The van der Waals surface area contributed by atoms with Crippen molar-refractivity contribution in [2.45, 2.75) is 201 Å². The molecule has 0 aromatic heterocycles. The van der Waals surface area contributed by atoms with E-state index >= 15 is 4.79 Å². The lowest BCUT2D eigenvalue weighted by Crippen LogP contribution is -2.71. The third-order valence-electron chi connectivity index (χ3n) is 16.9. The highest BCUT2D eigenvalue weighted by atomic mass is 16.8. The number of aliphatic hydroxyl groups is 6. The zero-order valence-corrected chi connectivity index (χ0v) is 44.1. The Morgan fingerprint density at radius 3 is 1.84 bits per heavy atom. The van der Waals surface area contributed by atoms with E-state index in [9.17, 15) is 51.0 Å². The molecule has 14 unspecified atom stereocenters. The van der Waals surface area contributed by atoms with Gasteiger partial charge in [0.2, 0.25) is 12.1 Å². The molecule has 2 aromatic carbocycles. The Bertz CT molecular complexity index is 2540. The van der Waals surface area contributed by atoms with Gasteiger partial charge in [0.15, 0.2) is 24.7 Å². The van der Waals surface area contributed by atoms with E-state index in [0.717, 1.165) is 0 Å². The average Bonchev–Trinajstić information content (AvgIpc) is 3.31. The van der Waals surface area contributed by atoms with E-state index in [2.05, 4.69) is 0 Å². The van der Waals surface area contributed by atoms with E-state index in [0.29, 0.717) is 0 Å². The number of aliphatic hydroxyl groups excluding tert-OH is 3. The van der Waals surface area contributed by atoms with Gasteiger partial charge < -0.3 is 103 Å². The average molecular weight is 1060 g/mol. The zero-order chi connectivity index (χ0) is 55.1. The van der Waals surface area contributed by atoms with Crippen molar-refractivity contribution in [1.82, 2.24) is 10.1 Å². The first-order valence-electron chi connectivity index (χ1n) is 25.0. The molecule has 4 saturated heterocycles. The number of hydrogen-bond acceptors (Lipinski definition) is 24. The van der Waals surface area contributed by atoms with E-state index in [1.807, 2.05) is 0 Å². The van der Waals surface area contributed by atoms with Crippen LogP contribution < -0.4 is 4.74 Å². The Morgan fingerprint density at radius 1 is 0.720 bits per heavy atom. The Morgan fingerprint density at radius 2 is 1.29 bits per heavy atom. The Balaban J connectivity index is 1.08. The second kappa shape index (κ2) is 19.4. The molecule has 8 N–H and O–H groups in total. The summed E-state index contributed by atoms with van der Waals surface area (Å²) in [6.07, 6.45) is -21.1. The number of carbonyl (C=O) groups excluding carboxylic acids is 2. The first-order chi connectivity index (χ1) is 34.9. The molecule has 2 bridgehead atoms. The van der Waals surface area contributed by atoms with Crippen molar-refractivity contribution in [2.75, 3.05) is 35.4 Å². The molecule has 2 aliphatic carbocycles. The van der Waals surface area contributed by atoms with E-state index < -0.39 is 155 Å². The number of likely N-dealkylation sites (N-methyl/N-ethyl adjacent to an activating group) is 1. The number of phenolic OH excluding ortho intramolecular Hbond substituents is 1. The van der Waals surface area contributed by atoms with Gasteiger partial charge in [0.25, 0.3) is 0 Å². The van der Waals surface area contributed by atoms with Gasteiger partial charge in [0, 0.05) is 56.4 Å². The van der Waals surface area contributed by atoms with Crippen LogP contribution in [0.4, 0.5) is 0 Å². The number of phenols is 1. The molecule has 0 spiro atoms. The zero-order valence-electron chi connectivity index (χ0n) is 44.1. The first kappa shape index (κ1) is 56.3. The highest BCUT2D eigenvalue weighted by Gasteiger charge is 2.63. The maximum Gasteiger partial charge on any atom is 0.228 e. The molecule has 2 aromatic rings. The third-order valence-corrected chi connectivity index (χ3v) is 16.9. The number of rotatable bonds is 11. The van der Waals surface area contributed by atoms with Crippen LogP contribution in [-0.2, 0) is 59.4 Å². The molecule has 0 radical (unpaired) electrons. The van der Waals surface area contributed by atoms with Crippen molar-refractivity contribution in [3.05, 3.63) is 62.4 Å². The molecule has 24 nitrogen and oxygen atoms in total. The van der Waals surface area contributed by atoms with Crippen molar-refractivity contribution < 1.29 is 103 Å². The number of aromatic hydroxyl groups is 1. The van der Waals surface area contributed by atoms with Crippen molar-refractivity contribution in [3.63, 3.8) is 0 Å². The number of carbonyl (C=O) groups is 2. The maximum absolute atomic E-state index is 15.3. The van der Waals surface area contributed by atoms with Crippen LogP contribution in [0.25, 0.3) is 0 Å². The maximum atomic E-state index is 15.3. The molecule has 418 valence electrons. The molecule has 0 saturated carbocycles. The van der Waals surface area contributed by atoms with Gasteiger partial charge >= 0.3 is 0 Å². The van der Waals surface area contributed by atoms with E-state index in [1.54, 1.807) is 32.8 Å². The SMILES string of the molecule is COC1C(OC2C(C)OC(O[C@H]3[C@@H](N(C)C)[C@H](O)[C@H]4Oc5c(ccc6c5C(=O)c5c(cc7c(c5O)[C@@H](OC5OC(C)C(O)C(C)(O)C5OC)[C@@H](OC)[C@](C)(O)C7)C6=O)[C@]3(C)O4)CC2(C)N([O-])O)OC(C)C(O)C1(C)O. The molecule has 7 aliphatic rings. The van der Waals surface area contributed by atoms with E-state index in [-0.39, 0.29) is 57.2 Å². The molecule has 24 heteroatoms. The monoisotopic (exact) mass is 1060 g/mol. The summed E-state index contributed by atoms with van der Waals surface area (Å²) < 4.78 is 67.8. The molecular weight excluding hydrogens is 993 g/mol. The molecule has 4 fully saturated rings. The van der Waals surface area contributed by atoms with Crippen molar-refractivity contribution >= 4 is 11.6 Å². The van der Waals surface area contributed by atoms with Crippen LogP contribution in [0.3, 0.4) is 0 Å². The number of ketones is 2. The molecule has 5 aliphatic heterocycles. The molecule has 5 heterocycles. The number of hydrogen-bond donors (Lipinski definition) is 8. The highest BCUT2D eigenvalue weighted by Crippen LogP contribution is 2.55. The van der Waals surface area contributed by atoms with Gasteiger partial charge in [-0.3, -0.25) is 14.8 Å². The number of ether oxygens (including phenoxy) is 11. The quantitative estimate of drug-likeness (QED) is 0.121. The number of hydroxylamine groups is 2. The summed E-state index contributed by atoms with van der Waals surface area (Å²) in [5.74, 6) is -2.34. The minimum atomic E-state index is -1.90. The van der Waals surface area contributed by atoms with E-state index in [4.69, 9.17) is 52.1 Å². The first-order valence-corrected chi connectivity index (χ1v) is 25.0. The summed E-state index contributed by atoms with van der Waals surface area (Å²) >= 11 is 0. The largest absolute Gasteiger partial charge is 0.762 e. The second-order valence-corrected chi connectivity index (χ2v) is 22.4. The summed E-state index contributed by atoms with van der Waals surface area (Å²) in [4.78, 5) is 31.8. The van der Waals surface area contributed by atoms with Crippen LogP contribution in [0.15, 0.2) is 18.2 Å². The van der Waals surface area contributed by atoms with Crippen LogP contribution in [0, 0.1) is 5.21 Å². The van der Waals surface area contributed by atoms with Crippen LogP contribution in [-0.4, -0.2) is 219 Å². The number of methoxy groups -OCH3 is 3. The minimum absolute atomic E-state index is 0.0185. The minimum Gasteiger partial charge on any atom is -0.762 e. The van der Waals surface area contributed by atoms with Gasteiger partial charge in [-0.15, -0.1) is 0 Å². The van der Waals surface area contributed by atoms with Gasteiger partial charge in [-0.05, 0) is 87.2 Å². The van der Waals surface area contributed by atoms with Crippen LogP contribution in [0.1, 0.15) is 116 Å². The number of nitrogens with zero attached hydrogens (tertiary/aromatic N) is 2. The van der Waals surface area contributed by atoms with Gasteiger partial charge in [0.1, 0.15) is 83.2 Å². The highest BCUT2D eigenvalue weighted by molar-refractivity contribution is 6.30. The lowest BCUT2D eigenvalue weighted by Gasteiger charge is -2.58. The lowest BCUT2D eigenvalue weighted by molar-refractivity contribution is -0.383. The number of fused-ring (bicyclic) bond motifs is 8. The predicted octanol–water partition coefficient (Wildman–Crippen LogP) is 0.399. The lowest BCUT2D eigenvalue weighted by atomic mass is 9.71. The normalized spacial score (nSPS) is 45.5. The summed E-state index contributed by atoms with van der Waals surface area (Å²) in [7, 11) is 7.26. The second-order valence-electron chi connectivity index (χ2n) is 22.4. The Hall–Kier alpha value is -3.42. The molecule has 0 amide bonds. The van der Waals surface area contributed by atoms with Crippen molar-refractivity contribution in [2.24, 2.45) is 0 Å². The molecule has 9 rings (SSSR count). The third kappa shape index (κ3) is 8.59. The molecule has 22 atom stereocenters. The summed E-state index contributed by atoms with van der Waals surface area (Å²) in [5, 5.41) is 105. The molecular formula is C51H71N2O22-. The number of benzene rings is 2. The standard InChI is InChI=1S/C51H71N2O22/c1-19-37(58)49(6,61)42(66-12)45(69-19)73-36-27-22(17-48(5,60)41(36)65-11)16-24-28(32(27)55)33(56)29-23(31(24)54)14-15-25-35(29)72-44-34(57)30(52(9)10)40(51(25,8)75-44)71-26-18-47(4,53(63)64)39(21(3)68-26)74-46-43(67-13)50(7,62)38(59)20(2)70-46/h14-16,19-21,26,30,34,36-46,55,57-63H,17-18H2,1-13H3/q-1/t19?,20?,21?,26?,30-,34-,36+,37?,38?,39?,40-,41+,42?,43?,44-,45?,46?,47?,48+,49?,50?,51-/m0/s1. The Kier molecular flexibility index (Phi) is 14.6. The van der Waals surface area contributed by atoms with Gasteiger partial charge in [-0.25, -0.2) is 0 Å². The summed E-state index contributed by atoms with van der Waals surface area (Å²) in [5.41, 5.74) is -9.48. The van der Waals surface area contributed by atoms with Crippen molar-refractivity contribution in [3.8, 4) is 11.5 Å². The van der Waals surface area contributed by atoms with Crippen LogP contribution in [0.2, 0.25) is 0 Å². The fraction of sp³-hybridized carbons (Fsp3) is 0.725.